The molecular formula is C22H25N5O2. The zero-order valence-corrected chi connectivity index (χ0v) is 16.7. The largest absolute Gasteiger partial charge is 0.494 e. The van der Waals surface area contributed by atoms with Crippen LogP contribution in [0.5, 0.6) is 5.75 Å². The van der Waals surface area contributed by atoms with Crippen molar-refractivity contribution in [2.75, 3.05) is 48.9 Å². The van der Waals surface area contributed by atoms with Crippen LogP contribution < -0.4 is 20.3 Å². The third-order valence-electron chi connectivity index (χ3n) is 4.85. The van der Waals surface area contributed by atoms with E-state index in [0.717, 1.165) is 66.3 Å². The molecule has 3 aromatic rings. The van der Waals surface area contributed by atoms with Gasteiger partial charge in [-0.2, -0.15) is 0 Å². The van der Waals surface area contributed by atoms with Crippen molar-refractivity contribution in [3.63, 3.8) is 0 Å². The molecule has 0 unspecified atom stereocenters. The number of hydrogen-bond donors (Lipinski definition) is 2. The number of nitrogens with one attached hydrogen (secondary N) is 2. The van der Waals surface area contributed by atoms with E-state index in [2.05, 4.69) is 37.6 Å². The third-order valence-corrected chi connectivity index (χ3v) is 4.85. The number of aromatic nitrogens is 2. The van der Waals surface area contributed by atoms with E-state index in [1.165, 1.54) is 0 Å². The Balaban J connectivity index is 1.54. The van der Waals surface area contributed by atoms with Crippen LogP contribution in [-0.2, 0) is 4.74 Å². The molecule has 1 aromatic carbocycles. The van der Waals surface area contributed by atoms with Gasteiger partial charge >= 0.3 is 0 Å². The van der Waals surface area contributed by atoms with Crippen LogP contribution in [0.3, 0.4) is 0 Å². The molecular weight excluding hydrogens is 366 g/mol. The van der Waals surface area contributed by atoms with Gasteiger partial charge in [0.05, 0.1) is 26.0 Å². The Hall–Kier alpha value is -3.32. The molecule has 0 atom stereocenters. The van der Waals surface area contributed by atoms with Crippen molar-refractivity contribution in [2.24, 2.45) is 0 Å². The Labute approximate surface area is 170 Å². The van der Waals surface area contributed by atoms with Crippen LogP contribution in [0, 0.1) is 6.92 Å². The predicted octanol–water partition coefficient (Wildman–Crippen LogP) is 4.12. The van der Waals surface area contributed by atoms with E-state index >= 15 is 0 Å². The monoisotopic (exact) mass is 391 g/mol. The van der Waals surface area contributed by atoms with Gasteiger partial charge in [-0.3, -0.25) is 0 Å². The molecule has 0 radical (unpaired) electrons. The summed E-state index contributed by atoms with van der Waals surface area (Å²) in [5, 5.41) is 6.71. The maximum absolute atomic E-state index is 5.62. The standard InChI is InChI=1S/C22H25N5O2/c1-16-15-24-22(14-19(16)26-21-5-3-4-8-23-21)25-18-7-6-17(13-20(18)28-2)27-9-11-29-12-10-27/h3-8,13-15H,9-12H2,1-2H3,(H2,23,24,25,26). The lowest BCUT2D eigenvalue weighted by Crippen LogP contribution is -2.36. The first-order chi connectivity index (χ1) is 14.2. The Morgan fingerprint density at radius 3 is 2.55 bits per heavy atom. The zero-order valence-electron chi connectivity index (χ0n) is 16.7. The number of hydrogen-bond acceptors (Lipinski definition) is 7. The second-order valence-electron chi connectivity index (χ2n) is 6.83. The first kappa shape index (κ1) is 19.0. The number of benzene rings is 1. The van der Waals surface area contributed by atoms with Gasteiger partial charge < -0.3 is 25.0 Å². The number of pyridine rings is 2. The Morgan fingerprint density at radius 1 is 0.966 bits per heavy atom. The van der Waals surface area contributed by atoms with Crippen molar-refractivity contribution in [3.05, 3.63) is 60.4 Å². The van der Waals surface area contributed by atoms with Crippen LogP contribution in [-0.4, -0.2) is 43.4 Å². The number of ether oxygens (including phenoxy) is 2. The average Bonchev–Trinajstić information content (AvgIpc) is 2.77. The van der Waals surface area contributed by atoms with Crippen LogP contribution in [0.25, 0.3) is 0 Å². The lowest BCUT2D eigenvalue weighted by molar-refractivity contribution is 0.122. The first-order valence-electron chi connectivity index (χ1n) is 9.65. The summed E-state index contributed by atoms with van der Waals surface area (Å²) in [6, 6.07) is 13.9. The fourth-order valence-corrected chi connectivity index (χ4v) is 3.24. The summed E-state index contributed by atoms with van der Waals surface area (Å²) in [4.78, 5) is 11.1. The molecule has 0 aliphatic carbocycles. The fraction of sp³-hybridized carbons (Fsp3) is 0.273. The average molecular weight is 391 g/mol. The van der Waals surface area contributed by atoms with Crippen LogP contribution in [0.15, 0.2) is 54.9 Å². The Morgan fingerprint density at radius 2 is 1.79 bits per heavy atom. The molecule has 29 heavy (non-hydrogen) atoms. The minimum absolute atomic E-state index is 0.728. The molecule has 150 valence electrons. The number of nitrogens with zero attached hydrogens (tertiary/aromatic N) is 3. The molecule has 2 aromatic heterocycles. The number of methoxy groups -OCH3 is 1. The second-order valence-corrected chi connectivity index (χ2v) is 6.83. The number of aryl methyl sites for hydroxylation is 1. The molecule has 0 amide bonds. The van der Waals surface area contributed by atoms with Gasteiger partial charge in [0.25, 0.3) is 0 Å². The summed E-state index contributed by atoms with van der Waals surface area (Å²) in [7, 11) is 1.68. The van der Waals surface area contributed by atoms with Crippen molar-refractivity contribution in [1.82, 2.24) is 9.97 Å². The summed E-state index contributed by atoms with van der Waals surface area (Å²) in [6.07, 6.45) is 3.60. The molecule has 0 spiro atoms. The molecule has 7 heteroatoms. The lowest BCUT2D eigenvalue weighted by atomic mass is 10.2. The van der Waals surface area contributed by atoms with Gasteiger partial charge in [0, 0.05) is 49.0 Å². The fourth-order valence-electron chi connectivity index (χ4n) is 3.24. The second kappa shape index (κ2) is 8.79. The molecule has 3 heterocycles. The normalized spacial score (nSPS) is 13.8. The number of rotatable bonds is 6. The minimum Gasteiger partial charge on any atom is -0.494 e. The molecule has 0 saturated carbocycles. The Kier molecular flexibility index (Phi) is 5.76. The molecule has 7 nitrogen and oxygen atoms in total. The lowest BCUT2D eigenvalue weighted by Gasteiger charge is -2.29. The molecule has 1 aliphatic rings. The predicted molar refractivity (Wildman–Crippen MR) is 116 cm³/mol. The van der Waals surface area contributed by atoms with Crippen LogP contribution >= 0.6 is 0 Å². The molecule has 1 aliphatic heterocycles. The summed E-state index contributed by atoms with van der Waals surface area (Å²) in [5.74, 6) is 2.29. The van der Waals surface area contributed by atoms with Crippen molar-refractivity contribution in [2.45, 2.75) is 6.92 Å². The van der Waals surface area contributed by atoms with Crippen molar-refractivity contribution >= 4 is 28.7 Å². The zero-order chi connectivity index (χ0) is 20.1. The topological polar surface area (TPSA) is 71.5 Å². The molecule has 1 saturated heterocycles. The minimum atomic E-state index is 0.728. The van der Waals surface area contributed by atoms with Crippen LogP contribution in [0.2, 0.25) is 0 Å². The molecule has 4 rings (SSSR count). The summed E-state index contributed by atoms with van der Waals surface area (Å²) in [5.41, 5.74) is 3.98. The first-order valence-corrected chi connectivity index (χ1v) is 9.65. The van der Waals surface area contributed by atoms with Gasteiger partial charge in [0.1, 0.15) is 17.4 Å². The van der Waals surface area contributed by atoms with Crippen molar-refractivity contribution in [3.8, 4) is 5.75 Å². The maximum Gasteiger partial charge on any atom is 0.144 e. The van der Waals surface area contributed by atoms with Gasteiger partial charge in [0.15, 0.2) is 0 Å². The van der Waals surface area contributed by atoms with Crippen molar-refractivity contribution < 1.29 is 9.47 Å². The maximum atomic E-state index is 5.62. The van der Waals surface area contributed by atoms with E-state index in [-0.39, 0.29) is 0 Å². The van der Waals surface area contributed by atoms with Gasteiger partial charge in [-0.15, -0.1) is 0 Å². The smallest absolute Gasteiger partial charge is 0.144 e. The quantitative estimate of drug-likeness (QED) is 0.655. The number of morpholine rings is 1. The van der Waals surface area contributed by atoms with E-state index in [9.17, 15) is 0 Å². The molecule has 0 bridgehead atoms. The Bertz CT molecular complexity index is 959. The highest BCUT2D eigenvalue weighted by molar-refractivity contribution is 5.72. The van der Waals surface area contributed by atoms with Gasteiger partial charge in [-0.05, 0) is 36.8 Å². The SMILES string of the molecule is COc1cc(N2CCOCC2)ccc1Nc1cc(Nc2ccccn2)c(C)cn1. The van der Waals surface area contributed by atoms with Crippen molar-refractivity contribution in [1.29, 1.82) is 0 Å². The highest BCUT2D eigenvalue weighted by Crippen LogP contribution is 2.33. The highest BCUT2D eigenvalue weighted by Gasteiger charge is 2.14. The van der Waals surface area contributed by atoms with Gasteiger partial charge in [-0.1, -0.05) is 6.07 Å². The van der Waals surface area contributed by atoms with Crippen LogP contribution in [0.1, 0.15) is 5.56 Å². The summed E-state index contributed by atoms with van der Waals surface area (Å²) < 4.78 is 11.1. The third kappa shape index (κ3) is 4.57. The van der Waals surface area contributed by atoms with E-state index in [4.69, 9.17) is 9.47 Å². The summed E-state index contributed by atoms with van der Waals surface area (Å²) >= 11 is 0. The van der Waals surface area contributed by atoms with Gasteiger partial charge in [0.2, 0.25) is 0 Å². The van der Waals surface area contributed by atoms with E-state index in [1.54, 1.807) is 13.3 Å². The van der Waals surface area contributed by atoms with Gasteiger partial charge in [-0.25, -0.2) is 9.97 Å². The molecule has 1 fully saturated rings. The van der Waals surface area contributed by atoms with E-state index < -0.39 is 0 Å². The van der Waals surface area contributed by atoms with E-state index in [1.807, 2.05) is 43.5 Å². The van der Waals surface area contributed by atoms with Crippen LogP contribution in [0.4, 0.5) is 28.7 Å². The van der Waals surface area contributed by atoms with E-state index in [0.29, 0.717) is 0 Å². The molecule has 2 N–H and O–H groups in total. The number of anilines is 5. The highest BCUT2D eigenvalue weighted by atomic mass is 16.5. The summed E-state index contributed by atoms with van der Waals surface area (Å²) in [6.45, 7) is 5.29.